The summed E-state index contributed by atoms with van der Waals surface area (Å²) in [6, 6.07) is 0. The lowest BCUT2D eigenvalue weighted by atomic mass is 10.1. The van der Waals surface area contributed by atoms with E-state index in [9.17, 15) is 0 Å². The minimum absolute atomic E-state index is 0.678. The van der Waals surface area contributed by atoms with Gasteiger partial charge in [-0.25, -0.2) is 5.32 Å². The van der Waals surface area contributed by atoms with Crippen LogP contribution in [0.1, 0.15) is 65.2 Å². The highest BCUT2D eigenvalue weighted by atomic mass is 32.2. The molecule has 1 fully saturated rings. The molecule has 1 heterocycles. The molecular formula is C16H33N2S. The number of unbranched alkanes of at least 4 members (excludes halogenated alkanes) is 6. The molecular weight excluding hydrogens is 252 g/mol. The minimum atomic E-state index is 0.678. The van der Waals surface area contributed by atoms with Gasteiger partial charge in [0, 0.05) is 18.8 Å². The van der Waals surface area contributed by atoms with Crippen molar-refractivity contribution in [1.29, 1.82) is 0 Å². The maximum absolute atomic E-state index is 4.61. The van der Waals surface area contributed by atoms with E-state index < -0.39 is 0 Å². The van der Waals surface area contributed by atoms with Gasteiger partial charge in [0.25, 0.3) is 0 Å². The molecule has 0 aromatic rings. The first-order chi connectivity index (χ1) is 9.38. The van der Waals surface area contributed by atoms with Crippen LogP contribution < -0.4 is 5.32 Å². The Morgan fingerprint density at radius 3 is 2.05 bits per heavy atom. The SMILES string of the molecule is CCCCCCN(CCCCCC)C1C[N]CCS1. The number of hydrogen-bond donors (Lipinski definition) is 0. The van der Waals surface area contributed by atoms with Gasteiger partial charge in [0.1, 0.15) is 0 Å². The highest BCUT2D eigenvalue weighted by molar-refractivity contribution is 7.99. The van der Waals surface area contributed by atoms with Crippen LogP contribution in [0.5, 0.6) is 0 Å². The largest absolute Gasteiger partial charge is 0.290 e. The monoisotopic (exact) mass is 285 g/mol. The van der Waals surface area contributed by atoms with E-state index in [1.165, 1.54) is 70.2 Å². The molecule has 1 saturated heterocycles. The maximum atomic E-state index is 4.61. The van der Waals surface area contributed by atoms with Gasteiger partial charge < -0.3 is 0 Å². The van der Waals surface area contributed by atoms with Crippen molar-refractivity contribution in [2.45, 2.75) is 70.6 Å². The zero-order chi connectivity index (χ0) is 13.8. The molecule has 1 aliphatic rings. The van der Waals surface area contributed by atoms with Crippen molar-refractivity contribution in [3.63, 3.8) is 0 Å². The molecule has 113 valence electrons. The van der Waals surface area contributed by atoms with Crippen molar-refractivity contribution in [3.8, 4) is 0 Å². The van der Waals surface area contributed by atoms with Crippen LogP contribution in [0.25, 0.3) is 0 Å². The van der Waals surface area contributed by atoms with E-state index in [2.05, 4.69) is 35.8 Å². The molecule has 0 N–H and O–H groups in total. The Balaban J connectivity index is 2.24. The second kappa shape index (κ2) is 12.0. The van der Waals surface area contributed by atoms with Gasteiger partial charge in [-0.2, -0.15) is 0 Å². The summed E-state index contributed by atoms with van der Waals surface area (Å²) >= 11 is 2.13. The summed E-state index contributed by atoms with van der Waals surface area (Å²) in [4.78, 5) is 2.72. The molecule has 0 aromatic heterocycles. The molecule has 0 saturated carbocycles. The predicted molar refractivity (Wildman–Crippen MR) is 88.0 cm³/mol. The molecule has 0 spiro atoms. The molecule has 0 bridgehead atoms. The van der Waals surface area contributed by atoms with Gasteiger partial charge in [-0.15, -0.1) is 11.8 Å². The van der Waals surface area contributed by atoms with Crippen LogP contribution >= 0.6 is 11.8 Å². The minimum Gasteiger partial charge on any atom is -0.290 e. The van der Waals surface area contributed by atoms with Crippen molar-refractivity contribution in [2.75, 3.05) is 31.9 Å². The van der Waals surface area contributed by atoms with Gasteiger partial charge in [-0.05, 0) is 25.9 Å². The molecule has 1 atom stereocenters. The van der Waals surface area contributed by atoms with Crippen LogP contribution in [0.4, 0.5) is 0 Å². The fourth-order valence-corrected chi connectivity index (χ4v) is 3.75. The Morgan fingerprint density at radius 1 is 0.947 bits per heavy atom. The van der Waals surface area contributed by atoms with Crippen molar-refractivity contribution in [3.05, 3.63) is 0 Å². The van der Waals surface area contributed by atoms with Gasteiger partial charge in [-0.1, -0.05) is 52.4 Å². The first kappa shape index (κ1) is 17.3. The Labute approximate surface area is 125 Å². The van der Waals surface area contributed by atoms with Crippen molar-refractivity contribution in [2.24, 2.45) is 0 Å². The lowest BCUT2D eigenvalue weighted by Crippen LogP contribution is -2.43. The summed E-state index contributed by atoms with van der Waals surface area (Å²) in [5, 5.41) is 5.28. The highest BCUT2D eigenvalue weighted by Crippen LogP contribution is 2.20. The van der Waals surface area contributed by atoms with Crippen LogP contribution in [-0.2, 0) is 0 Å². The number of hydrogen-bond acceptors (Lipinski definition) is 2. The number of nitrogens with zero attached hydrogens (tertiary/aromatic N) is 2. The molecule has 0 amide bonds. The highest BCUT2D eigenvalue weighted by Gasteiger charge is 2.21. The normalized spacial score (nSPS) is 20.1. The van der Waals surface area contributed by atoms with E-state index in [1.54, 1.807) is 0 Å². The van der Waals surface area contributed by atoms with E-state index in [4.69, 9.17) is 0 Å². The standard InChI is InChI=1S/C16H33N2S/c1-3-5-7-9-12-18(13-10-8-6-4-2)16-15-17-11-14-19-16/h16H,3-15H2,1-2H3. The quantitative estimate of drug-likeness (QED) is 0.531. The number of thioether (sulfide) groups is 1. The average Bonchev–Trinajstić information content (AvgIpc) is 2.46. The van der Waals surface area contributed by atoms with Gasteiger partial charge in [0.15, 0.2) is 0 Å². The van der Waals surface area contributed by atoms with E-state index in [1.807, 2.05) is 0 Å². The van der Waals surface area contributed by atoms with E-state index in [0.717, 1.165) is 13.1 Å². The summed E-state index contributed by atoms with van der Waals surface area (Å²) in [6.45, 7) is 9.29. The Hall–Kier alpha value is 0.270. The number of rotatable bonds is 11. The first-order valence-electron chi connectivity index (χ1n) is 8.37. The van der Waals surface area contributed by atoms with Crippen LogP contribution in [0.3, 0.4) is 0 Å². The third kappa shape index (κ3) is 8.21. The molecule has 0 aliphatic carbocycles. The molecule has 1 radical (unpaired) electrons. The molecule has 1 aliphatic heterocycles. The van der Waals surface area contributed by atoms with E-state index in [-0.39, 0.29) is 0 Å². The molecule has 3 heteroatoms. The van der Waals surface area contributed by atoms with Crippen molar-refractivity contribution >= 4 is 11.8 Å². The lowest BCUT2D eigenvalue weighted by molar-refractivity contribution is 0.236. The fraction of sp³-hybridized carbons (Fsp3) is 1.00. The summed E-state index contributed by atoms with van der Waals surface area (Å²) in [6.07, 6.45) is 11.0. The van der Waals surface area contributed by atoms with Crippen LogP contribution in [0.2, 0.25) is 0 Å². The van der Waals surface area contributed by atoms with Crippen molar-refractivity contribution < 1.29 is 0 Å². The summed E-state index contributed by atoms with van der Waals surface area (Å²) in [5.74, 6) is 1.23. The van der Waals surface area contributed by atoms with E-state index in [0.29, 0.717) is 5.37 Å². The van der Waals surface area contributed by atoms with Gasteiger partial charge >= 0.3 is 0 Å². The summed E-state index contributed by atoms with van der Waals surface area (Å²) in [7, 11) is 0. The van der Waals surface area contributed by atoms with Crippen LogP contribution in [0, 0.1) is 0 Å². The predicted octanol–water partition coefficient (Wildman–Crippen LogP) is 4.13. The smallest absolute Gasteiger partial charge is 0.0700 e. The molecule has 1 rings (SSSR count). The Kier molecular flexibility index (Phi) is 11.0. The van der Waals surface area contributed by atoms with Crippen LogP contribution in [0.15, 0.2) is 0 Å². The fourth-order valence-electron chi connectivity index (χ4n) is 2.61. The molecule has 1 unspecified atom stereocenters. The maximum Gasteiger partial charge on any atom is 0.0700 e. The first-order valence-corrected chi connectivity index (χ1v) is 9.42. The second-order valence-electron chi connectivity index (χ2n) is 5.61. The molecule has 19 heavy (non-hydrogen) atoms. The van der Waals surface area contributed by atoms with Gasteiger partial charge in [-0.3, -0.25) is 4.90 Å². The van der Waals surface area contributed by atoms with E-state index >= 15 is 0 Å². The third-order valence-electron chi connectivity index (χ3n) is 3.85. The summed E-state index contributed by atoms with van der Waals surface area (Å²) < 4.78 is 0. The topological polar surface area (TPSA) is 17.3 Å². The third-order valence-corrected chi connectivity index (χ3v) is 5.10. The van der Waals surface area contributed by atoms with Crippen LogP contribution in [-0.4, -0.2) is 42.2 Å². The zero-order valence-electron chi connectivity index (χ0n) is 13.1. The lowest BCUT2D eigenvalue weighted by Gasteiger charge is -2.33. The van der Waals surface area contributed by atoms with Crippen molar-refractivity contribution in [1.82, 2.24) is 10.2 Å². The average molecular weight is 286 g/mol. The Bertz CT molecular complexity index is 181. The zero-order valence-corrected chi connectivity index (χ0v) is 13.9. The second-order valence-corrected chi connectivity index (χ2v) is 6.90. The molecule has 0 aromatic carbocycles. The molecule has 2 nitrogen and oxygen atoms in total. The van der Waals surface area contributed by atoms with Gasteiger partial charge in [0.2, 0.25) is 0 Å². The Morgan fingerprint density at radius 2 is 1.58 bits per heavy atom. The summed E-state index contributed by atoms with van der Waals surface area (Å²) in [5.41, 5.74) is 0. The van der Waals surface area contributed by atoms with Gasteiger partial charge in [0.05, 0.1) is 5.37 Å².